The fourth-order valence-corrected chi connectivity index (χ4v) is 2.41. The molecular formula is C15H22N2O2. The van der Waals surface area contributed by atoms with Gasteiger partial charge < -0.3 is 15.7 Å². The lowest BCUT2D eigenvalue weighted by Crippen LogP contribution is -2.45. The molecule has 1 fully saturated rings. The second-order valence-corrected chi connectivity index (χ2v) is 5.12. The molecule has 1 saturated carbocycles. The molecule has 0 saturated heterocycles. The van der Waals surface area contributed by atoms with Gasteiger partial charge in [0, 0.05) is 24.9 Å². The number of nitrogens with zero attached hydrogens (tertiary/aromatic N) is 1. The standard InChI is InChI=1S/C15H22N2O2/c16-14-8-2-1-5-12(14)11-15(19)17(9-4-10-18)13-6-3-7-13/h1-2,5,8,13,18H,3-4,6-7,9-11,16H2. The summed E-state index contributed by atoms with van der Waals surface area (Å²) in [7, 11) is 0. The van der Waals surface area contributed by atoms with E-state index in [1.54, 1.807) is 0 Å². The molecule has 104 valence electrons. The molecule has 19 heavy (non-hydrogen) atoms. The maximum atomic E-state index is 12.4. The molecule has 0 aliphatic heterocycles. The number of hydrogen-bond acceptors (Lipinski definition) is 3. The summed E-state index contributed by atoms with van der Waals surface area (Å²) in [5.41, 5.74) is 7.44. The maximum absolute atomic E-state index is 12.4. The number of nitrogen functional groups attached to an aromatic ring is 1. The van der Waals surface area contributed by atoms with Crippen molar-refractivity contribution in [3.63, 3.8) is 0 Å². The minimum atomic E-state index is 0.121. The summed E-state index contributed by atoms with van der Waals surface area (Å²) >= 11 is 0. The van der Waals surface area contributed by atoms with Gasteiger partial charge in [0.2, 0.25) is 5.91 Å². The summed E-state index contributed by atoms with van der Waals surface area (Å²) in [5, 5.41) is 8.95. The van der Waals surface area contributed by atoms with Crippen LogP contribution in [0.1, 0.15) is 31.2 Å². The van der Waals surface area contributed by atoms with Crippen molar-refractivity contribution in [3.05, 3.63) is 29.8 Å². The summed E-state index contributed by atoms with van der Waals surface area (Å²) in [4.78, 5) is 14.3. The second-order valence-electron chi connectivity index (χ2n) is 5.12. The third-order valence-corrected chi connectivity index (χ3v) is 3.79. The van der Waals surface area contributed by atoms with Crippen LogP contribution in [-0.4, -0.2) is 35.1 Å². The highest BCUT2D eigenvalue weighted by Crippen LogP contribution is 2.26. The van der Waals surface area contributed by atoms with Crippen LogP contribution in [0.3, 0.4) is 0 Å². The Balaban J connectivity index is 2.00. The van der Waals surface area contributed by atoms with Gasteiger partial charge in [0.15, 0.2) is 0 Å². The van der Waals surface area contributed by atoms with E-state index >= 15 is 0 Å². The fraction of sp³-hybridized carbons (Fsp3) is 0.533. The van der Waals surface area contributed by atoms with Crippen LogP contribution in [0.5, 0.6) is 0 Å². The van der Waals surface area contributed by atoms with E-state index in [0.717, 1.165) is 18.4 Å². The Kier molecular flexibility index (Phi) is 4.80. The zero-order valence-corrected chi connectivity index (χ0v) is 11.2. The smallest absolute Gasteiger partial charge is 0.227 e. The third kappa shape index (κ3) is 3.47. The molecule has 1 aromatic carbocycles. The minimum absolute atomic E-state index is 0.121. The van der Waals surface area contributed by atoms with E-state index in [9.17, 15) is 4.79 Å². The van der Waals surface area contributed by atoms with Crippen LogP contribution in [0.4, 0.5) is 5.69 Å². The first-order valence-electron chi connectivity index (χ1n) is 6.96. The van der Waals surface area contributed by atoms with Crippen molar-refractivity contribution in [1.29, 1.82) is 0 Å². The van der Waals surface area contributed by atoms with Gasteiger partial charge in [0.05, 0.1) is 6.42 Å². The SMILES string of the molecule is Nc1ccccc1CC(=O)N(CCCO)C1CCC1. The van der Waals surface area contributed by atoms with Gasteiger partial charge in [0.1, 0.15) is 0 Å². The van der Waals surface area contributed by atoms with Gasteiger partial charge in [-0.25, -0.2) is 0 Å². The zero-order valence-electron chi connectivity index (χ0n) is 11.2. The molecule has 0 atom stereocenters. The Bertz CT molecular complexity index is 430. The summed E-state index contributed by atoms with van der Waals surface area (Å²) in [6.45, 7) is 0.775. The van der Waals surface area contributed by atoms with E-state index in [-0.39, 0.29) is 12.5 Å². The average molecular weight is 262 g/mol. The van der Waals surface area contributed by atoms with Gasteiger partial charge in [0.25, 0.3) is 0 Å². The van der Waals surface area contributed by atoms with Gasteiger partial charge in [-0.2, -0.15) is 0 Å². The Morgan fingerprint density at radius 2 is 2.11 bits per heavy atom. The van der Waals surface area contributed by atoms with E-state index in [2.05, 4.69) is 0 Å². The highest BCUT2D eigenvalue weighted by molar-refractivity contribution is 5.80. The van der Waals surface area contributed by atoms with Crippen molar-refractivity contribution >= 4 is 11.6 Å². The Morgan fingerprint density at radius 1 is 1.37 bits per heavy atom. The molecule has 1 aromatic rings. The van der Waals surface area contributed by atoms with Gasteiger partial charge in [-0.1, -0.05) is 18.2 Å². The molecule has 3 N–H and O–H groups in total. The van der Waals surface area contributed by atoms with E-state index in [1.807, 2.05) is 29.2 Å². The first-order chi connectivity index (χ1) is 9.22. The highest BCUT2D eigenvalue weighted by Gasteiger charge is 2.28. The lowest BCUT2D eigenvalue weighted by molar-refractivity contribution is -0.134. The molecule has 4 heteroatoms. The first kappa shape index (κ1) is 13.9. The predicted octanol–water partition coefficient (Wildman–Crippen LogP) is 1.57. The van der Waals surface area contributed by atoms with Crippen molar-refractivity contribution in [1.82, 2.24) is 4.90 Å². The Hall–Kier alpha value is -1.55. The zero-order chi connectivity index (χ0) is 13.7. The number of carbonyl (C=O) groups excluding carboxylic acids is 1. The van der Waals surface area contributed by atoms with Crippen molar-refractivity contribution < 1.29 is 9.90 Å². The molecule has 0 bridgehead atoms. The number of hydrogen-bond donors (Lipinski definition) is 2. The molecule has 0 radical (unpaired) electrons. The molecule has 0 spiro atoms. The number of anilines is 1. The van der Waals surface area contributed by atoms with Crippen molar-refractivity contribution in [2.45, 2.75) is 38.1 Å². The number of para-hydroxylation sites is 1. The lowest BCUT2D eigenvalue weighted by atomic mass is 9.90. The number of benzene rings is 1. The molecule has 4 nitrogen and oxygen atoms in total. The average Bonchev–Trinajstić information content (AvgIpc) is 2.34. The molecule has 0 aromatic heterocycles. The topological polar surface area (TPSA) is 66.6 Å². The van der Waals surface area contributed by atoms with Crippen molar-refractivity contribution in [3.8, 4) is 0 Å². The maximum Gasteiger partial charge on any atom is 0.227 e. The van der Waals surface area contributed by atoms with E-state index in [0.29, 0.717) is 31.1 Å². The van der Waals surface area contributed by atoms with Gasteiger partial charge >= 0.3 is 0 Å². The number of aliphatic hydroxyl groups excluding tert-OH is 1. The van der Waals surface area contributed by atoms with E-state index in [4.69, 9.17) is 10.8 Å². The summed E-state index contributed by atoms with van der Waals surface area (Å²) in [6.07, 6.45) is 4.37. The van der Waals surface area contributed by atoms with E-state index < -0.39 is 0 Å². The van der Waals surface area contributed by atoms with Crippen molar-refractivity contribution in [2.24, 2.45) is 0 Å². The van der Waals surface area contributed by atoms with Gasteiger partial charge in [-0.05, 0) is 37.3 Å². The number of aliphatic hydroxyl groups is 1. The summed E-state index contributed by atoms with van der Waals surface area (Å²) in [5.74, 6) is 0.121. The van der Waals surface area contributed by atoms with Crippen LogP contribution in [0.2, 0.25) is 0 Å². The molecule has 1 amide bonds. The Morgan fingerprint density at radius 3 is 2.68 bits per heavy atom. The molecular weight excluding hydrogens is 240 g/mol. The summed E-state index contributed by atoms with van der Waals surface area (Å²) in [6, 6.07) is 7.87. The van der Waals surface area contributed by atoms with Crippen LogP contribution in [0.15, 0.2) is 24.3 Å². The number of amides is 1. The predicted molar refractivity (Wildman–Crippen MR) is 75.6 cm³/mol. The number of rotatable bonds is 6. The number of carbonyl (C=O) groups is 1. The summed E-state index contributed by atoms with van der Waals surface area (Å²) < 4.78 is 0. The van der Waals surface area contributed by atoms with Crippen LogP contribution in [0.25, 0.3) is 0 Å². The molecule has 1 aliphatic rings. The van der Waals surface area contributed by atoms with Gasteiger partial charge in [-0.3, -0.25) is 4.79 Å². The van der Waals surface area contributed by atoms with Crippen molar-refractivity contribution in [2.75, 3.05) is 18.9 Å². The van der Waals surface area contributed by atoms with Crippen LogP contribution in [-0.2, 0) is 11.2 Å². The number of nitrogens with two attached hydrogens (primary N) is 1. The monoisotopic (exact) mass is 262 g/mol. The van der Waals surface area contributed by atoms with Crippen LogP contribution < -0.4 is 5.73 Å². The third-order valence-electron chi connectivity index (χ3n) is 3.79. The fourth-order valence-electron chi connectivity index (χ4n) is 2.41. The quantitative estimate of drug-likeness (QED) is 0.765. The normalized spacial score (nSPS) is 15.0. The minimum Gasteiger partial charge on any atom is -0.398 e. The van der Waals surface area contributed by atoms with Crippen LogP contribution >= 0.6 is 0 Å². The van der Waals surface area contributed by atoms with E-state index in [1.165, 1.54) is 6.42 Å². The molecule has 0 heterocycles. The lowest BCUT2D eigenvalue weighted by Gasteiger charge is -2.37. The highest BCUT2D eigenvalue weighted by atomic mass is 16.3. The Labute approximate surface area is 114 Å². The molecule has 2 rings (SSSR count). The van der Waals surface area contributed by atoms with Crippen LogP contribution in [0, 0.1) is 0 Å². The largest absolute Gasteiger partial charge is 0.398 e. The first-order valence-corrected chi connectivity index (χ1v) is 6.96. The van der Waals surface area contributed by atoms with Gasteiger partial charge in [-0.15, -0.1) is 0 Å². The molecule has 0 unspecified atom stereocenters. The molecule has 1 aliphatic carbocycles. The second kappa shape index (κ2) is 6.57.